The van der Waals surface area contributed by atoms with Gasteiger partial charge in [0, 0.05) is 25.6 Å². The maximum absolute atomic E-state index is 13.4. The molecule has 1 aliphatic heterocycles. The third-order valence-corrected chi connectivity index (χ3v) is 7.36. The Balaban J connectivity index is 1.92. The first-order chi connectivity index (χ1) is 15.6. The van der Waals surface area contributed by atoms with Gasteiger partial charge in [0.1, 0.15) is 6.10 Å². The first kappa shape index (κ1) is 25.8. The first-order valence-corrected chi connectivity index (χ1v) is 13.9. The molecule has 1 aliphatic carbocycles. The number of nitrogens with one attached hydrogen (secondary N) is 1. The lowest BCUT2D eigenvalue weighted by Gasteiger charge is -2.39. The number of carbonyl (C=O) groups excluding carboxylic acids is 1. The fourth-order valence-corrected chi connectivity index (χ4v) is 5.49. The van der Waals surface area contributed by atoms with E-state index in [4.69, 9.17) is 4.74 Å². The molecule has 0 radical (unpaired) electrons. The van der Waals surface area contributed by atoms with Crippen LogP contribution in [0.1, 0.15) is 56.3 Å². The van der Waals surface area contributed by atoms with Crippen LogP contribution in [-0.4, -0.2) is 80.9 Å². The number of anilines is 1. The number of aliphatic hydroxyl groups is 1. The van der Waals surface area contributed by atoms with Crippen LogP contribution in [0, 0.1) is 11.8 Å². The Morgan fingerprint density at radius 3 is 2.58 bits per heavy atom. The third kappa shape index (κ3) is 6.83. The quantitative estimate of drug-likeness (QED) is 0.592. The van der Waals surface area contributed by atoms with Crippen molar-refractivity contribution >= 4 is 21.6 Å². The van der Waals surface area contributed by atoms with Gasteiger partial charge in [-0.25, -0.2) is 8.42 Å². The number of ether oxygens (including phenoxy) is 1. The van der Waals surface area contributed by atoms with Gasteiger partial charge in [0.25, 0.3) is 5.91 Å². The molecule has 0 bridgehead atoms. The van der Waals surface area contributed by atoms with E-state index in [2.05, 4.69) is 16.7 Å². The van der Waals surface area contributed by atoms with Crippen LogP contribution in [-0.2, 0) is 10.0 Å². The number of nitrogens with zero attached hydrogens (tertiary/aromatic N) is 2. The largest absolute Gasteiger partial charge is 0.486 e. The van der Waals surface area contributed by atoms with E-state index in [9.17, 15) is 18.3 Å². The van der Waals surface area contributed by atoms with Crippen LogP contribution in [0.15, 0.2) is 18.2 Å². The molecule has 1 aromatic carbocycles. The highest BCUT2D eigenvalue weighted by Gasteiger charge is 2.35. The zero-order valence-electron chi connectivity index (χ0n) is 20.3. The van der Waals surface area contributed by atoms with Crippen molar-refractivity contribution in [3.8, 4) is 5.75 Å². The van der Waals surface area contributed by atoms with Crippen molar-refractivity contribution in [2.45, 2.75) is 58.1 Å². The normalized spacial score (nSPS) is 23.5. The number of amides is 1. The Morgan fingerprint density at radius 1 is 1.24 bits per heavy atom. The van der Waals surface area contributed by atoms with E-state index in [1.54, 1.807) is 23.1 Å². The molecule has 2 aliphatic rings. The lowest BCUT2D eigenvalue weighted by molar-refractivity contribution is 0.0333. The van der Waals surface area contributed by atoms with E-state index < -0.39 is 10.0 Å². The average Bonchev–Trinajstić information content (AvgIpc) is 2.75. The van der Waals surface area contributed by atoms with Crippen molar-refractivity contribution in [1.82, 2.24) is 9.80 Å². The third-order valence-electron chi connectivity index (χ3n) is 6.77. The molecule has 2 N–H and O–H groups in total. The minimum absolute atomic E-state index is 0.0174. The number of likely N-dealkylation sites (N-methyl/N-ethyl adjacent to an activating group) is 1. The Kier molecular flexibility index (Phi) is 8.64. The molecule has 9 heteroatoms. The van der Waals surface area contributed by atoms with E-state index in [-0.39, 0.29) is 42.0 Å². The molecule has 8 nitrogen and oxygen atoms in total. The van der Waals surface area contributed by atoms with Crippen LogP contribution in [0.4, 0.5) is 5.69 Å². The molecule has 0 aromatic heterocycles. The Morgan fingerprint density at radius 2 is 1.94 bits per heavy atom. The molecule has 1 aromatic rings. The number of fused-ring (bicyclic) bond motifs is 1. The number of carbonyl (C=O) groups is 1. The van der Waals surface area contributed by atoms with Gasteiger partial charge in [-0.1, -0.05) is 32.3 Å². The summed E-state index contributed by atoms with van der Waals surface area (Å²) >= 11 is 0. The van der Waals surface area contributed by atoms with Crippen molar-refractivity contribution in [3.05, 3.63) is 23.8 Å². The number of sulfonamides is 1. The Labute approximate surface area is 198 Å². The van der Waals surface area contributed by atoms with Crippen molar-refractivity contribution in [3.63, 3.8) is 0 Å². The lowest BCUT2D eigenvalue weighted by Crippen LogP contribution is -2.50. The number of hydrogen-bond acceptors (Lipinski definition) is 6. The fraction of sp³-hybridized carbons (Fsp3) is 0.708. The molecular formula is C24H39N3O5S. The molecule has 1 saturated carbocycles. The second-order valence-electron chi connectivity index (χ2n) is 9.90. The van der Waals surface area contributed by atoms with Gasteiger partial charge in [-0.15, -0.1) is 0 Å². The van der Waals surface area contributed by atoms with Gasteiger partial charge < -0.3 is 19.6 Å². The summed E-state index contributed by atoms with van der Waals surface area (Å²) in [4.78, 5) is 17.4. The minimum Gasteiger partial charge on any atom is -0.486 e. The van der Waals surface area contributed by atoms with Crippen molar-refractivity contribution < 1.29 is 23.1 Å². The molecule has 186 valence electrons. The lowest BCUT2D eigenvalue weighted by atomic mass is 9.89. The van der Waals surface area contributed by atoms with Gasteiger partial charge in [0.15, 0.2) is 5.75 Å². The molecule has 3 atom stereocenters. The van der Waals surface area contributed by atoms with Gasteiger partial charge in [-0.2, -0.15) is 0 Å². The molecule has 0 saturated heterocycles. The highest BCUT2D eigenvalue weighted by Crippen LogP contribution is 2.35. The number of benzene rings is 1. The highest BCUT2D eigenvalue weighted by atomic mass is 32.2. The van der Waals surface area contributed by atoms with Crippen LogP contribution < -0.4 is 9.46 Å². The van der Waals surface area contributed by atoms with E-state index in [1.165, 1.54) is 32.1 Å². The van der Waals surface area contributed by atoms with Gasteiger partial charge in [-0.3, -0.25) is 9.52 Å². The molecule has 3 rings (SSSR count). The van der Waals surface area contributed by atoms with Crippen molar-refractivity contribution in [1.29, 1.82) is 0 Å². The van der Waals surface area contributed by atoms with Gasteiger partial charge in [-0.05, 0) is 44.9 Å². The van der Waals surface area contributed by atoms with E-state index in [0.717, 1.165) is 12.8 Å². The maximum atomic E-state index is 13.4. The smallest absolute Gasteiger partial charge is 0.258 e. The standard InChI is InChI=1S/C24H39N3O5S/c1-17-13-27(18(2)16-28)24(29)20-11-8-12-21(25-33(4,30)31)23(20)32-22(17)15-26(3)14-19-9-6-5-7-10-19/h8,11-12,17-19,22,25,28H,5-7,9-10,13-16H2,1-4H3/t17-,18-,22-/m0/s1. The van der Waals surface area contributed by atoms with Crippen LogP contribution in [0.25, 0.3) is 0 Å². The van der Waals surface area contributed by atoms with Crippen LogP contribution >= 0.6 is 0 Å². The maximum Gasteiger partial charge on any atom is 0.258 e. The molecule has 1 heterocycles. The zero-order chi connectivity index (χ0) is 24.2. The number of para-hydroxylation sites is 1. The summed E-state index contributed by atoms with van der Waals surface area (Å²) < 4.78 is 32.9. The zero-order valence-corrected chi connectivity index (χ0v) is 21.1. The topological polar surface area (TPSA) is 99.2 Å². The summed E-state index contributed by atoms with van der Waals surface area (Å²) in [6, 6.07) is 4.55. The number of aliphatic hydroxyl groups excluding tert-OH is 1. The van der Waals surface area contributed by atoms with Crippen molar-refractivity contribution in [2.75, 3.05) is 44.3 Å². The summed E-state index contributed by atoms with van der Waals surface area (Å²) in [6.45, 7) is 5.82. The van der Waals surface area contributed by atoms with Gasteiger partial charge in [0.2, 0.25) is 10.0 Å². The molecule has 33 heavy (non-hydrogen) atoms. The number of rotatable bonds is 8. The van der Waals surface area contributed by atoms with Gasteiger partial charge in [0.05, 0.1) is 30.2 Å². The summed E-state index contributed by atoms with van der Waals surface area (Å²) in [6.07, 6.45) is 7.25. The van der Waals surface area contributed by atoms with E-state index >= 15 is 0 Å². The second kappa shape index (κ2) is 11.1. The van der Waals surface area contributed by atoms with Crippen LogP contribution in [0.3, 0.4) is 0 Å². The Bertz CT molecular complexity index is 917. The first-order valence-electron chi connectivity index (χ1n) is 12.0. The SMILES string of the molecule is C[C@H]1CN([C@@H](C)CO)C(=O)c2cccc(NS(C)(=O)=O)c2O[C@H]1CN(C)CC1CCCCC1. The molecule has 1 fully saturated rings. The monoisotopic (exact) mass is 481 g/mol. The number of hydrogen-bond donors (Lipinski definition) is 2. The molecule has 1 amide bonds. The van der Waals surface area contributed by atoms with Crippen LogP contribution in [0.2, 0.25) is 0 Å². The van der Waals surface area contributed by atoms with E-state index in [0.29, 0.717) is 24.6 Å². The van der Waals surface area contributed by atoms with E-state index in [1.807, 2.05) is 13.8 Å². The fourth-order valence-electron chi connectivity index (χ4n) is 4.93. The van der Waals surface area contributed by atoms with Crippen molar-refractivity contribution in [2.24, 2.45) is 11.8 Å². The van der Waals surface area contributed by atoms with Crippen LogP contribution in [0.5, 0.6) is 5.75 Å². The summed E-state index contributed by atoms with van der Waals surface area (Å²) in [5.41, 5.74) is 0.560. The second-order valence-corrected chi connectivity index (χ2v) is 11.7. The summed E-state index contributed by atoms with van der Waals surface area (Å²) in [5, 5.41) is 9.78. The molecule has 0 spiro atoms. The summed E-state index contributed by atoms with van der Waals surface area (Å²) in [5.74, 6) is 0.654. The average molecular weight is 482 g/mol. The highest BCUT2D eigenvalue weighted by molar-refractivity contribution is 7.92. The summed E-state index contributed by atoms with van der Waals surface area (Å²) in [7, 11) is -1.46. The predicted molar refractivity (Wildman–Crippen MR) is 130 cm³/mol. The molecule has 0 unspecified atom stereocenters. The predicted octanol–water partition coefficient (Wildman–Crippen LogP) is 2.79. The Hall–Kier alpha value is -1.84. The minimum atomic E-state index is -3.56. The molecular weight excluding hydrogens is 442 g/mol. The van der Waals surface area contributed by atoms with Gasteiger partial charge >= 0.3 is 0 Å².